The molecule has 1 heterocycles. The molecule has 1 aromatic carbocycles. The Morgan fingerprint density at radius 2 is 1.84 bits per heavy atom. The van der Waals surface area contributed by atoms with Crippen molar-refractivity contribution in [2.45, 2.75) is 24.3 Å². The summed E-state index contributed by atoms with van der Waals surface area (Å²) in [6.07, 6.45) is -0.0104. The predicted molar refractivity (Wildman–Crippen MR) is 75.0 cm³/mol. The van der Waals surface area contributed by atoms with E-state index >= 15 is 0 Å². The smallest absolute Gasteiger partial charge is 0.243 e. The molecule has 7 heteroatoms. The van der Waals surface area contributed by atoms with E-state index in [1.165, 1.54) is 22.5 Å². The first kappa shape index (κ1) is 15.1. The van der Waals surface area contributed by atoms with E-state index in [1.807, 2.05) is 6.92 Å². The molecule has 0 aromatic heterocycles. The highest BCUT2D eigenvalue weighted by Gasteiger charge is 2.32. The van der Waals surface area contributed by atoms with Crippen molar-refractivity contribution < 1.29 is 13.5 Å². The minimum absolute atomic E-state index is 0.0850. The normalized spacial score (nSPS) is 25.5. The molecule has 1 aliphatic heterocycles. The van der Waals surface area contributed by atoms with Gasteiger partial charge in [0.2, 0.25) is 10.0 Å². The van der Waals surface area contributed by atoms with Gasteiger partial charge in [0.25, 0.3) is 0 Å². The first-order valence-electron chi connectivity index (χ1n) is 5.95. The molecule has 1 N–H and O–H groups in total. The second kappa shape index (κ2) is 5.58. The fraction of sp³-hybridized carbons (Fsp3) is 0.500. The Balaban J connectivity index is 2.32. The molecule has 0 bridgehead atoms. The second-order valence-electron chi connectivity index (χ2n) is 4.80. The van der Waals surface area contributed by atoms with Crippen molar-refractivity contribution in [2.75, 3.05) is 13.1 Å². The molecule has 2 unspecified atom stereocenters. The summed E-state index contributed by atoms with van der Waals surface area (Å²) < 4.78 is 26.3. The first-order chi connectivity index (χ1) is 8.80. The summed E-state index contributed by atoms with van der Waals surface area (Å²) in [4.78, 5) is 0.0913. The van der Waals surface area contributed by atoms with Gasteiger partial charge in [-0.15, -0.1) is 0 Å². The first-order valence-corrected chi connectivity index (χ1v) is 8.14. The van der Waals surface area contributed by atoms with Crippen molar-refractivity contribution in [1.29, 1.82) is 0 Å². The number of aliphatic hydroxyl groups is 1. The molecule has 0 aliphatic carbocycles. The monoisotopic (exact) mass is 323 g/mol. The van der Waals surface area contributed by atoms with E-state index in [-0.39, 0.29) is 20.9 Å². The van der Waals surface area contributed by atoms with Gasteiger partial charge in [0.1, 0.15) is 0 Å². The van der Waals surface area contributed by atoms with Crippen molar-refractivity contribution in [3.8, 4) is 0 Å². The van der Waals surface area contributed by atoms with Gasteiger partial charge in [0.05, 0.1) is 11.0 Å². The average Bonchev–Trinajstić information content (AvgIpc) is 2.31. The van der Waals surface area contributed by atoms with Crippen LogP contribution in [0, 0.1) is 5.92 Å². The molecule has 1 fully saturated rings. The van der Waals surface area contributed by atoms with Crippen LogP contribution in [0.2, 0.25) is 10.0 Å². The van der Waals surface area contributed by atoms with Crippen LogP contribution < -0.4 is 0 Å². The Bertz CT molecular complexity index is 556. The van der Waals surface area contributed by atoms with Gasteiger partial charge in [-0.3, -0.25) is 0 Å². The van der Waals surface area contributed by atoms with E-state index in [2.05, 4.69) is 0 Å². The molecule has 0 radical (unpaired) electrons. The van der Waals surface area contributed by atoms with E-state index in [0.29, 0.717) is 19.5 Å². The molecular formula is C12H15Cl2NO3S. The third-order valence-corrected chi connectivity index (χ3v) is 5.58. The minimum Gasteiger partial charge on any atom is -0.393 e. The number of aliphatic hydroxyl groups excluding tert-OH is 1. The summed E-state index contributed by atoms with van der Waals surface area (Å²) in [7, 11) is -3.61. The molecule has 19 heavy (non-hydrogen) atoms. The van der Waals surface area contributed by atoms with Crippen molar-refractivity contribution >= 4 is 33.2 Å². The van der Waals surface area contributed by atoms with Gasteiger partial charge < -0.3 is 5.11 Å². The summed E-state index contributed by atoms with van der Waals surface area (Å²) in [5.41, 5.74) is 0. The summed E-state index contributed by atoms with van der Waals surface area (Å²) in [6, 6.07) is 4.27. The molecular weight excluding hydrogens is 309 g/mol. The fourth-order valence-corrected chi connectivity index (χ4v) is 4.42. The molecule has 1 saturated heterocycles. The largest absolute Gasteiger partial charge is 0.393 e. The highest BCUT2D eigenvalue weighted by Crippen LogP contribution is 2.27. The van der Waals surface area contributed by atoms with E-state index in [1.54, 1.807) is 0 Å². The van der Waals surface area contributed by atoms with Crippen LogP contribution >= 0.6 is 23.2 Å². The number of hydrogen-bond acceptors (Lipinski definition) is 3. The van der Waals surface area contributed by atoms with E-state index in [4.69, 9.17) is 23.2 Å². The molecule has 1 aromatic rings. The maximum Gasteiger partial charge on any atom is 0.243 e. The van der Waals surface area contributed by atoms with Gasteiger partial charge in [-0.05, 0) is 30.5 Å². The molecule has 4 nitrogen and oxygen atoms in total. The topological polar surface area (TPSA) is 57.6 Å². The number of sulfonamides is 1. The van der Waals surface area contributed by atoms with Crippen molar-refractivity contribution in [3.05, 3.63) is 28.2 Å². The third-order valence-electron chi connectivity index (χ3n) is 3.30. The SMILES string of the molecule is CC1CN(S(=O)(=O)c2cc(Cl)cc(Cl)c2)CCC1O. The number of nitrogens with zero attached hydrogens (tertiary/aromatic N) is 1. The minimum atomic E-state index is -3.61. The van der Waals surface area contributed by atoms with E-state index in [9.17, 15) is 13.5 Å². The van der Waals surface area contributed by atoms with Crippen LogP contribution in [0.4, 0.5) is 0 Å². The van der Waals surface area contributed by atoms with Gasteiger partial charge in [0, 0.05) is 23.1 Å². The lowest BCUT2D eigenvalue weighted by atomic mass is 9.99. The third kappa shape index (κ3) is 3.23. The Morgan fingerprint density at radius 3 is 2.37 bits per heavy atom. The molecule has 0 saturated carbocycles. The maximum atomic E-state index is 12.5. The van der Waals surface area contributed by atoms with Gasteiger partial charge in [0.15, 0.2) is 0 Å². The summed E-state index contributed by atoms with van der Waals surface area (Å²) >= 11 is 11.7. The Labute approximate surface area is 123 Å². The average molecular weight is 324 g/mol. The van der Waals surface area contributed by atoms with Crippen molar-refractivity contribution in [3.63, 3.8) is 0 Å². The van der Waals surface area contributed by atoms with Crippen molar-refractivity contribution in [1.82, 2.24) is 4.31 Å². The second-order valence-corrected chi connectivity index (χ2v) is 7.61. The van der Waals surface area contributed by atoms with Crippen LogP contribution in [0.25, 0.3) is 0 Å². The lowest BCUT2D eigenvalue weighted by molar-refractivity contribution is 0.0628. The van der Waals surface area contributed by atoms with Crippen LogP contribution in [0.5, 0.6) is 0 Å². The Kier molecular flexibility index (Phi) is 4.42. The van der Waals surface area contributed by atoms with Gasteiger partial charge in [-0.1, -0.05) is 30.1 Å². The van der Waals surface area contributed by atoms with Crippen LogP contribution in [-0.2, 0) is 10.0 Å². The van der Waals surface area contributed by atoms with Crippen LogP contribution in [0.1, 0.15) is 13.3 Å². The van der Waals surface area contributed by atoms with Crippen molar-refractivity contribution in [2.24, 2.45) is 5.92 Å². The summed E-state index contributed by atoms with van der Waals surface area (Å²) in [5.74, 6) is -0.0850. The van der Waals surface area contributed by atoms with E-state index < -0.39 is 16.1 Å². The highest BCUT2D eigenvalue weighted by molar-refractivity contribution is 7.89. The number of rotatable bonds is 2. The highest BCUT2D eigenvalue weighted by atomic mass is 35.5. The molecule has 1 aliphatic rings. The molecule has 106 valence electrons. The number of piperidine rings is 1. The predicted octanol–water partition coefficient (Wildman–Crippen LogP) is 2.38. The zero-order valence-corrected chi connectivity index (χ0v) is 12.7. The van der Waals surface area contributed by atoms with Crippen LogP contribution in [0.15, 0.2) is 23.1 Å². The number of benzene rings is 1. The molecule has 0 spiro atoms. The Hall–Kier alpha value is -0.330. The summed E-state index contributed by atoms with van der Waals surface area (Å²) in [5, 5.41) is 10.2. The quantitative estimate of drug-likeness (QED) is 0.909. The number of hydrogen-bond donors (Lipinski definition) is 1. The zero-order valence-electron chi connectivity index (χ0n) is 10.4. The van der Waals surface area contributed by atoms with Crippen LogP contribution in [0.3, 0.4) is 0 Å². The summed E-state index contributed by atoms with van der Waals surface area (Å²) in [6.45, 7) is 2.43. The number of halogens is 2. The zero-order chi connectivity index (χ0) is 14.2. The Morgan fingerprint density at radius 1 is 1.26 bits per heavy atom. The molecule has 0 amide bonds. The molecule has 2 rings (SSSR count). The van der Waals surface area contributed by atoms with Gasteiger partial charge in [-0.2, -0.15) is 4.31 Å². The lowest BCUT2D eigenvalue weighted by Crippen LogP contribution is -2.44. The fourth-order valence-electron chi connectivity index (χ4n) is 2.14. The van der Waals surface area contributed by atoms with E-state index in [0.717, 1.165) is 0 Å². The standard InChI is InChI=1S/C12H15Cl2NO3S/c1-8-7-15(3-2-12(8)16)19(17,18)11-5-9(13)4-10(14)6-11/h4-6,8,12,16H,2-3,7H2,1H3. The van der Waals surface area contributed by atoms with Gasteiger partial charge >= 0.3 is 0 Å². The van der Waals surface area contributed by atoms with Crippen LogP contribution in [-0.4, -0.2) is 37.0 Å². The molecule has 2 atom stereocenters. The lowest BCUT2D eigenvalue weighted by Gasteiger charge is -2.33. The van der Waals surface area contributed by atoms with Gasteiger partial charge in [-0.25, -0.2) is 8.42 Å². The maximum absolute atomic E-state index is 12.5.